The lowest BCUT2D eigenvalue weighted by atomic mass is 10.1. The fourth-order valence-electron chi connectivity index (χ4n) is 2.74. The third kappa shape index (κ3) is 4.32. The predicted octanol–water partition coefficient (Wildman–Crippen LogP) is 2.53. The summed E-state index contributed by atoms with van der Waals surface area (Å²) in [5.41, 5.74) is 5.59. The number of hydrogen-bond acceptors (Lipinski definition) is 7. The number of halogens is 1. The van der Waals surface area contributed by atoms with Crippen molar-refractivity contribution in [2.45, 2.75) is 9.79 Å². The lowest BCUT2D eigenvalue weighted by Gasteiger charge is -2.14. The van der Waals surface area contributed by atoms with Crippen molar-refractivity contribution in [3.05, 3.63) is 53.1 Å². The summed E-state index contributed by atoms with van der Waals surface area (Å²) in [6.07, 6.45) is 0. The Kier molecular flexibility index (Phi) is 5.39. The molecule has 0 atom stereocenters. The molecule has 0 aliphatic heterocycles. The molecule has 0 aliphatic rings. The maximum absolute atomic E-state index is 12.6. The van der Waals surface area contributed by atoms with Crippen molar-refractivity contribution in [1.82, 2.24) is 0 Å². The van der Waals surface area contributed by atoms with Gasteiger partial charge in [0.2, 0.25) is 0 Å². The number of nitrogens with one attached hydrogen (secondary N) is 1. The van der Waals surface area contributed by atoms with E-state index in [0.29, 0.717) is 5.69 Å². The highest BCUT2D eigenvalue weighted by atomic mass is 35.5. The summed E-state index contributed by atoms with van der Waals surface area (Å²) in [6, 6.07) is 7.36. The van der Waals surface area contributed by atoms with Crippen molar-refractivity contribution < 1.29 is 35.8 Å². The molecule has 30 heavy (non-hydrogen) atoms. The molecule has 3 rings (SSSR count). The van der Waals surface area contributed by atoms with E-state index in [1.165, 1.54) is 18.2 Å². The molecule has 0 fully saturated rings. The zero-order valence-electron chi connectivity index (χ0n) is 14.7. The van der Waals surface area contributed by atoms with Crippen LogP contribution in [-0.2, 0) is 20.2 Å². The first-order valence-electron chi connectivity index (χ1n) is 7.89. The molecule has 13 heteroatoms. The molecule has 0 aliphatic carbocycles. The minimum Gasteiger partial charge on any atom is -0.507 e. The summed E-state index contributed by atoms with van der Waals surface area (Å²) in [7, 11) is -9.52. The zero-order chi connectivity index (χ0) is 22.4. The van der Waals surface area contributed by atoms with Gasteiger partial charge in [-0.3, -0.25) is 13.9 Å². The van der Waals surface area contributed by atoms with Crippen LogP contribution in [0.1, 0.15) is 10.4 Å². The number of nitrogen functional groups attached to an aromatic ring is 1. The van der Waals surface area contributed by atoms with Crippen molar-refractivity contribution in [3.63, 3.8) is 0 Å². The van der Waals surface area contributed by atoms with Crippen LogP contribution >= 0.6 is 11.6 Å². The first kappa shape index (κ1) is 21.8. The molecule has 6 N–H and O–H groups in total. The summed E-state index contributed by atoms with van der Waals surface area (Å²) in [5.74, 6) is -1.48. The van der Waals surface area contributed by atoms with Crippen LogP contribution < -0.4 is 11.1 Å². The van der Waals surface area contributed by atoms with E-state index >= 15 is 0 Å². The summed E-state index contributed by atoms with van der Waals surface area (Å²) in [4.78, 5) is 11.2. The van der Waals surface area contributed by atoms with Gasteiger partial charge < -0.3 is 16.2 Å². The summed E-state index contributed by atoms with van der Waals surface area (Å²) >= 11 is 5.99. The van der Waals surface area contributed by atoms with E-state index in [2.05, 4.69) is 5.32 Å². The Labute approximate surface area is 175 Å². The van der Waals surface area contributed by atoms with Crippen LogP contribution in [0.4, 0.5) is 11.4 Å². The quantitative estimate of drug-likeness (QED) is 0.281. The van der Waals surface area contributed by atoms with E-state index in [1.54, 1.807) is 0 Å². The lowest BCUT2D eigenvalue weighted by Crippen LogP contribution is -2.14. The molecular weight excluding hydrogens is 460 g/mol. The summed E-state index contributed by atoms with van der Waals surface area (Å²) in [5, 5.41) is 12.3. The van der Waals surface area contributed by atoms with Gasteiger partial charge in [-0.2, -0.15) is 16.8 Å². The second-order valence-electron chi connectivity index (χ2n) is 6.15. The largest absolute Gasteiger partial charge is 0.507 e. The maximum Gasteiger partial charge on any atom is 0.294 e. The van der Waals surface area contributed by atoms with Crippen molar-refractivity contribution in [3.8, 4) is 5.75 Å². The van der Waals surface area contributed by atoms with Gasteiger partial charge in [-0.15, -0.1) is 0 Å². The average Bonchev–Trinajstić information content (AvgIpc) is 2.59. The average molecular weight is 473 g/mol. The second kappa shape index (κ2) is 7.41. The predicted molar refractivity (Wildman–Crippen MR) is 109 cm³/mol. The first-order valence-corrected chi connectivity index (χ1v) is 11.2. The van der Waals surface area contributed by atoms with Gasteiger partial charge >= 0.3 is 0 Å². The number of anilines is 2. The third-order valence-electron chi connectivity index (χ3n) is 4.06. The van der Waals surface area contributed by atoms with Gasteiger partial charge in [0.1, 0.15) is 5.75 Å². The molecular formula is C17H13ClN2O8S2. The molecule has 0 spiro atoms. The number of amides is 1. The standard InChI is InChI=1S/C17H13ClN2O8S2/c18-13-5-9(19)1-2-12(13)17(22)20-14-6-10(29(23,24)25)3-8-4-11(30(26,27)28)7-15(21)16(8)14/h1-7,21H,19H2,(H,20,22)(H,23,24,25)(H,26,27,28). The van der Waals surface area contributed by atoms with Crippen LogP contribution in [0.2, 0.25) is 5.02 Å². The van der Waals surface area contributed by atoms with Crippen LogP contribution in [0.15, 0.2) is 52.3 Å². The number of carbonyl (C=O) groups is 1. The molecule has 158 valence electrons. The zero-order valence-corrected chi connectivity index (χ0v) is 17.1. The fourth-order valence-corrected chi connectivity index (χ4v) is 4.09. The van der Waals surface area contributed by atoms with E-state index in [0.717, 1.165) is 24.3 Å². The van der Waals surface area contributed by atoms with E-state index in [1.807, 2.05) is 0 Å². The normalized spacial score (nSPS) is 12.1. The minimum atomic E-state index is -4.78. The minimum absolute atomic E-state index is 0.000576. The van der Waals surface area contributed by atoms with Gasteiger partial charge in [0, 0.05) is 17.1 Å². The number of phenols is 1. The fraction of sp³-hybridized carbons (Fsp3) is 0. The molecule has 0 aromatic heterocycles. The number of nitrogens with two attached hydrogens (primary N) is 1. The van der Waals surface area contributed by atoms with Crippen LogP contribution in [0.3, 0.4) is 0 Å². The number of hydrogen-bond donors (Lipinski definition) is 5. The first-order chi connectivity index (χ1) is 13.8. The summed E-state index contributed by atoms with van der Waals surface area (Å²) in [6.45, 7) is 0. The van der Waals surface area contributed by atoms with Crippen LogP contribution in [0.25, 0.3) is 10.8 Å². The Balaban J connectivity index is 2.25. The third-order valence-corrected chi connectivity index (χ3v) is 6.03. The smallest absolute Gasteiger partial charge is 0.294 e. The highest BCUT2D eigenvalue weighted by Crippen LogP contribution is 2.37. The highest BCUT2D eigenvalue weighted by Gasteiger charge is 2.21. The molecule has 0 unspecified atom stereocenters. The van der Waals surface area contributed by atoms with Crippen LogP contribution in [-0.4, -0.2) is 37.0 Å². The molecule has 0 saturated heterocycles. The molecule has 0 heterocycles. The van der Waals surface area contributed by atoms with Crippen LogP contribution in [0.5, 0.6) is 5.75 Å². The van der Waals surface area contributed by atoms with Crippen molar-refractivity contribution >= 4 is 59.9 Å². The van der Waals surface area contributed by atoms with Gasteiger partial charge in [0.05, 0.1) is 26.1 Å². The number of fused-ring (bicyclic) bond motifs is 1. The van der Waals surface area contributed by atoms with E-state index in [9.17, 15) is 35.8 Å². The highest BCUT2D eigenvalue weighted by molar-refractivity contribution is 7.86. The molecule has 0 saturated carbocycles. The Morgan fingerprint density at radius 2 is 1.50 bits per heavy atom. The maximum atomic E-state index is 12.6. The Morgan fingerprint density at radius 3 is 2.03 bits per heavy atom. The SMILES string of the molecule is Nc1ccc(C(=O)Nc2cc(S(=O)(=O)O)cc3cc(S(=O)(=O)O)cc(O)c23)c(Cl)c1. The number of benzene rings is 3. The van der Waals surface area contributed by atoms with E-state index in [4.69, 9.17) is 17.3 Å². The van der Waals surface area contributed by atoms with Crippen molar-refractivity contribution in [1.29, 1.82) is 0 Å². The van der Waals surface area contributed by atoms with Crippen molar-refractivity contribution in [2.75, 3.05) is 11.1 Å². The molecule has 10 nitrogen and oxygen atoms in total. The van der Waals surface area contributed by atoms with E-state index in [-0.39, 0.29) is 27.0 Å². The molecule has 1 amide bonds. The van der Waals surface area contributed by atoms with Gasteiger partial charge in [0.15, 0.2) is 0 Å². The summed E-state index contributed by atoms with van der Waals surface area (Å²) < 4.78 is 64.7. The Bertz CT molecular complexity index is 1410. The molecule has 3 aromatic rings. The van der Waals surface area contributed by atoms with Crippen LogP contribution in [0, 0.1) is 0 Å². The molecule has 0 radical (unpaired) electrons. The van der Waals surface area contributed by atoms with Gasteiger partial charge in [-0.05, 0) is 41.8 Å². The molecule has 3 aromatic carbocycles. The Morgan fingerprint density at radius 1 is 0.933 bits per heavy atom. The number of phenolic OH excluding ortho intramolecular Hbond substituents is 1. The van der Waals surface area contributed by atoms with E-state index < -0.39 is 41.7 Å². The van der Waals surface area contributed by atoms with Gasteiger partial charge in [-0.25, -0.2) is 0 Å². The monoisotopic (exact) mass is 472 g/mol. The second-order valence-corrected chi connectivity index (χ2v) is 9.41. The Hall–Kier alpha value is -2.90. The van der Waals surface area contributed by atoms with Crippen molar-refractivity contribution in [2.24, 2.45) is 0 Å². The van der Waals surface area contributed by atoms with Gasteiger partial charge in [-0.1, -0.05) is 11.6 Å². The number of aromatic hydroxyl groups is 1. The number of carbonyl (C=O) groups excluding carboxylic acids is 1. The molecule has 0 bridgehead atoms. The number of rotatable bonds is 4. The van der Waals surface area contributed by atoms with Gasteiger partial charge in [0.25, 0.3) is 26.1 Å². The lowest BCUT2D eigenvalue weighted by molar-refractivity contribution is 0.102. The topological polar surface area (TPSA) is 184 Å².